The van der Waals surface area contributed by atoms with E-state index in [1.807, 2.05) is 12.1 Å². The fraction of sp³-hybridized carbons (Fsp3) is 0.526. The van der Waals surface area contributed by atoms with Crippen LogP contribution in [0, 0.1) is 0 Å². The molecule has 2 N–H and O–H groups in total. The zero-order chi connectivity index (χ0) is 19.1. The van der Waals surface area contributed by atoms with E-state index in [0.29, 0.717) is 12.3 Å². The van der Waals surface area contributed by atoms with E-state index >= 15 is 0 Å². The summed E-state index contributed by atoms with van der Waals surface area (Å²) < 4.78 is 4.39. The van der Waals surface area contributed by atoms with E-state index in [1.54, 1.807) is 12.1 Å². The van der Waals surface area contributed by atoms with Crippen LogP contribution in [-0.2, 0) is 12.8 Å². The number of halogens is 1. The topological polar surface area (TPSA) is 76.9 Å². The fourth-order valence-corrected chi connectivity index (χ4v) is 3.86. The summed E-state index contributed by atoms with van der Waals surface area (Å²) in [7, 11) is 0. The van der Waals surface area contributed by atoms with Crippen LogP contribution in [0.3, 0.4) is 0 Å². The van der Waals surface area contributed by atoms with Gasteiger partial charge in [0.1, 0.15) is 11.6 Å². The van der Waals surface area contributed by atoms with Gasteiger partial charge in [-0.2, -0.15) is 4.37 Å². The summed E-state index contributed by atoms with van der Waals surface area (Å²) in [6.45, 7) is 9.40. The fourth-order valence-electron chi connectivity index (χ4n) is 3.06. The predicted molar refractivity (Wildman–Crippen MR) is 126 cm³/mol. The summed E-state index contributed by atoms with van der Waals surface area (Å²) in [4.78, 5) is 14.0. The van der Waals surface area contributed by atoms with Crippen molar-refractivity contribution in [1.29, 1.82) is 0 Å². The number of guanidine groups is 1. The first-order valence-electron chi connectivity index (χ1n) is 9.58. The van der Waals surface area contributed by atoms with Crippen molar-refractivity contribution in [3.8, 4) is 5.75 Å². The van der Waals surface area contributed by atoms with E-state index in [0.717, 1.165) is 68.0 Å². The second-order valence-electron chi connectivity index (χ2n) is 6.48. The van der Waals surface area contributed by atoms with Crippen molar-refractivity contribution in [1.82, 2.24) is 19.6 Å². The van der Waals surface area contributed by atoms with Crippen molar-refractivity contribution < 1.29 is 5.11 Å². The van der Waals surface area contributed by atoms with Crippen LogP contribution < -0.4 is 10.2 Å². The van der Waals surface area contributed by atoms with Crippen molar-refractivity contribution in [2.45, 2.75) is 26.7 Å². The normalized spacial score (nSPS) is 14.7. The number of rotatable bonds is 6. The summed E-state index contributed by atoms with van der Waals surface area (Å²) in [5, 5.41) is 14.0. The Morgan fingerprint density at radius 2 is 2.04 bits per heavy atom. The molecule has 1 saturated heterocycles. The molecule has 0 bridgehead atoms. The second-order valence-corrected chi connectivity index (χ2v) is 7.21. The monoisotopic (exact) mass is 516 g/mol. The highest BCUT2D eigenvalue weighted by Crippen LogP contribution is 2.19. The molecule has 1 fully saturated rings. The minimum Gasteiger partial charge on any atom is -0.508 e. The Balaban J connectivity index is 0.00000280. The molecular weight excluding hydrogens is 487 g/mol. The van der Waals surface area contributed by atoms with E-state index in [9.17, 15) is 5.11 Å². The van der Waals surface area contributed by atoms with Gasteiger partial charge in [-0.1, -0.05) is 19.1 Å². The average Bonchev–Trinajstić information content (AvgIpc) is 3.17. The van der Waals surface area contributed by atoms with Gasteiger partial charge >= 0.3 is 0 Å². The lowest BCUT2D eigenvalue weighted by atomic mass is 10.1. The zero-order valence-electron chi connectivity index (χ0n) is 16.5. The first kappa shape index (κ1) is 22.7. The maximum atomic E-state index is 9.58. The number of phenolic OH excluding ortho intramolecular Hbond substituents is 1. The predicted octanol–water partition coefficient (Wildman–Crippen LogP) is 2.75. The van der Waals surface area contributed by atoms with E-state index in [1.165, 1.54) is 11.5 Å². The molecule has 1 aliphatic heterocycles. The highest BCUT2D eigenvalue weighted by Gasteiger charge is 2.21. The summed E-state index contributed by atoms with van der Waals surface area (Å²) in [6, 6.07) is 7.38. The number of anilines is 1. The lowest BCUT2D eigenvalue weighted by Gasteiger charge is -2.36. The number of nitrogens with zero attached hydrogens (tertiary/aromatic N) is 5. The van der Waals surface area contributed by atoms with Crippen molar-refractivity contribution in [2.24, 2.45) is 4.99 Å². The number of hydrogen-bond acceptors (Lipinski definition) is 6. The first-order chi connectivity index (χ1) is 13.2. The van der Waals surface area contributed by atoms with E-state index in [4.69, 9.17) is 4.99 Å². The van der Waals surface area contributed by atoms with Crippen LogP contribution in [-0.4, -0.2) is 64.6 Å². The third kappa shape index (κ3) is 6.20. The maximum absolute atomic E-state index is 9.58. The molecule has 3 rings (SSSR count). The number of benzene rings is 1. The third-order valence-electron chi connectivity index (χ3n) is 4.53. The number of aliphatic imine (C=N–C) groups is 1. The van der Waals surface area contributed by atoms with Crippen LogP contribution in [0.25, 0.3) is 0 Å². The summed E-state index contributed by atoms with van der Waals surface area (Å²) in [5.41, 5.74) is 1.10. The van der Waals surface area contributed by atoms with Gasteiger partial charge < -0.3 is 20.2 Å². The van der Waals surface area contributed by atoms with Gasteiger partial charge in [-0.05, 0) is 31.0 Å². The Bertz CT molecular complexity index is 760. The molecule has 1 aliphatic rings. The second kappa shape index (κ2) is 11.4. The standard InChI is InChI=1S/C19H28N6OS.HI/c1-3-17-22-19(27-23-17)25-12-10-24(11-13-25)18(20-4-2)21-9-8-15-6-5-7-16(26)14-15;/h5-7,14,26H,3-4,8-13H2,1-2H3,(H,20,21);1H. The quantitative estimate of drug-likeness (QED) is 0.350. The van der Waals surface area contributed by atoms with Crippen LogP contribution in [0.2, 0.25) is 0 Å². The Labute approximate surface area is 188 Å². The lowest BCUT2D eigenvalue weighted by molar-refractivity contribution is 0.372. The molecule has 0 radical (unpaired) electrons. The van der Waals surface area contributed by atoms with E-state index in [-0.39, 0.29) is 24.0 Å². The molecule has 9 heteroatoms. The number of piperazine rings is 1. The Morgan fingerprint density at radius 1 is 1.25 bits per heavy atom. The van der Waals surface area contributed by atoms with Gasteiger partial charge in [0, 0.05) is 57.2 Å². The van der Waals surface area contributed by atoms with Gasteiger partial charge in [0.15, 0.2) is 5.96 Å². The van der Waals surface area contributed by atoms with Crippen molar-refractivity contribution in [2.75, 3.05) is 44.2 Å². The largest absolute Gasteiger partial charge is 0.508 e. The minimum atomic E-state index is 0. The number of nitrogens with one attached hydrogen (secondary N) is 1. The minimum absolute atomic E-state index is 0. The lowest BCUT2D eigenvalue weighted by Crippen LogP contribution is -2.52. The van der Waals surface area contributed by atoms with Crippen LogP contribution in [0.4, 0.5) is 5.13 Å². The molecular formula is C19H29IN6OS. The number of aromatic hydroxyl groups is 1. The number of aryl methyl sites for hydroxylation is 1. The molecule has 0 saturated carbocycles. The molecule has 0 aliphatic carbocycles. The van der Waals surface area contributed by atoms with Crippen molar-refractivity contribution >= 4 is 46.6 Å². The average molecular weight is 516 g/mol. The summed E-state index contributed by atoms with van der Waals surface area (Å²) >= 11 is 1.49. The molecule has 0 atom stereocenters. The molecule has 1 aromatic carbocycles. The van der Waals surface area contributed by atoms with Gasteiger partial charge in [0.25, 0.3) is 0 Å². The van der Waals surface area contributed by atoms with Gasteiger partial charge in [-0.3, -0.25) is 4.99 Å². The smallest absolute Gasteiger partial charge is 0.205 e. The summed E-state index contributed by atoms with van der Waals surface area (Å²) in [5.74, 6) is 2.20. The van der Waals surface area contributed by atoms with Gasteiger partial charge in [0.05, 0.1) is 0 Å². The SMILES string of the molecule is CCNC(=NCCc1cccc(O)c1)N1CCN(c2nc(CC)ns2)CC1.I. The Kier molecular flexibility index (Phi) is 9.23. The highest BCUT2D eigenvalue weighted by molar-refractivity contribution is 14.0. The third-order valence-corrected chi connectivity index (χ3v) is 5.35. The van der Waals surface area contributed by atoms with Crippen LogP contribution in [0.1, 0.15) is 25.2 Å². The van der Waals surface area contributed by atoms with Crippen LogP contribution in [0.15, 0.2) is 29.3 Å². The number of hydrogen-bond donors (Lipinski definition) is 2. The molecule has 7 nitrogen and oxygen atoms in total. The molecule has 1 aromatic heterocycles. The zero-order valence-corrected chi connectivity index (χ0v) is 19.6. The Morgan fingerprint density at radius 3 is 2.68 bits per heavy atom. The number of aromatic nitrogens is 2. The number of phenols is 1. The van der Waals surface area contributed by atoms with Gasteiger partial charge in [0.2, 0.25) is 5.13 Å². The van der Waals surface area contributed by atoms with E-state index in [2.05, 4.69) is 38.3 Å². The molecule has 0 spiro atoms. The maximum Gasteiger partial charge on any atom is 0.205 e. The molecule has 154 valence electrons. The highest BCUT2D eigenvalue weighted by atomic mass is 127. The molecule has 0 unspecified atom stereocenters. The first-order valence-corrected chi connectivity index (χ1v) is 10.4. The molecule has 0 amide bonds. The molecule has 28 heavy (non-hydrogen) atoms. The van der Waals surface area contributed by atoms with E-state index < -0.39 is 0 Å². The summed E-state index contributed by atoms with van der Waals surface area (Å²) in [6.07, 6.45) is 1.70. The van der Waals surface area contributed by atoms with Gasteiger partial charge in [-0.15, -0.1) is 24.0 Å². The Hall–Kier alpha value is -1.62. The molecule has 2 aromatic rings. The van der Waals surface area contributed by atoms with Crippen molar-refractivity contribution in [3.63, 3.8) is 0 Å². The van der Waals surface area contributed by atoms with Gasteiger partial charge in [-0.25, -0.2) is 4.98 Å². The van der Waals surface area contributed by atoms with Crippen LogP contribution in [0.5, 0.6) is 5.75 Å². The molecule has 2 heterocycles. The van der Waals surface area contributed by atoms with Crippen LogP contribution >= 0.6 is 35.5 Å². The van der Waals surface area contributed by atoms with Crippen molar-refractivity contribution in [3.05, 3.63) is 35.7 Å².